The Balaban J connectivity index is 1.88. The van der Waals surface area contributed by atoms with Gasteiger partial charge in [0.05, 0.1) is 13.7 Å². The number of benzene rings is 3. The lowest BCUT2D eigenvalue weighted by molar-refractivity contribution is 0.229. The second kappa shape index (κ2) is 6.50. The summed E-state index contributed by atoms with van der Waals surface area (Å²) in [6.45, 7) is 4.45. The summed E-state index contributed by atoms with van der Waals surface area (Å²) in [5.74, 6) is 0.793. The van der Waals surface area contributed by atoms with Gasteiger partial charge in [0.1, 0.15) is 5.75 Å². The molecule has 0 amide bonds. The number of aryl methyl sites for hydroxylation is 1. The Kier molecular flexibility index (Phi) is 4.10. The molecule has 1 N–H and O–H groups in total. The second-order valence-corrected chi connectivity index (χ2v) is 8.03. The molecule has 1 atom stereocenters. The van der Waals surface area contributed by atoms with Gasteiger partial charge in [-0.2, -0.15) is 0 Å². The van der Waals surface area contributed by atoms with Crippen LogP contribution >= 0.6 is 0 Å². The molecule has 140 valence electrons. The van der Waals surface area contributed by atoms with Gasteiger partial charge < -0.3 is 9.84 Å². The maximum atomic E-state index is 9.86. The number of ether oxygens (including phenoxy) is 1. The molecule has 0 bridgehead atoms. The summed E-state index contributed by atoms with van der Waals surface area (Å²) in [4.78, 5) is 2.65. The molecule has 0 aromatic heterocycles. The minimum absolute atomic E-state index is 0.000636. The molecule has 1 saturated heterocycles. The Morgan fingerprint density at radius 1 is 1.07 bits per heavy atom. The van der Waals surface area contributed by atoms with E-state index in [1.807, 2.05) is 0 Å². The highest BCUT2D eigenvalue weighted by molar-refractivity contribution is 6.11. The van der Waals surface area contributed by atoms with Crippen molar-refractivity contribution in [1.82, 2.24) is 4.90 Å². The average molecular weight is 361 g/mol. The van der Waals surface area contributed by atoms with Crippen molar-refractivity contribution in [1.29, 1.82) is 0 Å². The van der Waals surface area contributed by atoms with Crippen LogP contribution in [0.25, 0.3) is 21.5 Å². The van der Waals surface area contributed by atoms with Crippen LogP contribution in [-0.2, 0) is 26.0 Å². The van der Waals surface area contributed by atoms with Crippen molar-refractivity contribution in [3.63, 3.8) is 0 Å². The SMILES string of the molecule is CCc1ccc2c3c(c4cc(OC)c(CO)cc4c2c1)CN1CCC[C@H]1C3. The van der Waals surface area contributed by atoms with Gasteiger partial charge in [0, 0.05) is 18.2 Å². The minimum Gasteiger partial charge on any atom is -0.496 e. The summed E-state index contributed by atoms with van der Waals surface area (Å²) < 4.78 is 5.61. The second-order valence-electron chi connectivity index (χ2n) is 8.03. The number of aliphatic hydroxyl groups excluding tert-OH is 1. The first-order chi connectivity index (χ1) is 13.2. The molecule has 3 aromatic carbocycles. The molecule has 0 radical (unpaired) electrons. The molecule has 2 aliphatic heterocycles. The van der Waals surface area contributed by atoms with Gasteiger partial charge in [-0.1, -0.05) is 25.1 Å². The van der Waals surface area contributed by atoms with Gasteiger partial charge in [-0.25, -0.2) is 0 Å². The monoisotopic (exact) mass is 361 g/mol. The fourth-order valence-corrected chi connectivity index (χ4v) is 5.22. The normalized spacial score (nSPS) is 19.4. The zero-order valence-electron chi connectivity index (χ0n) is 16.2. The van der Waals surface area contributed by atoms with Gasteiger partial charge in [-0.3, -0.25) is 4.90 Å². The highest BCUT2D eigenvalue weighted by Crippen LogP contribution is 2.42. The fraction of sp³-hybridized carbons (Fsp3) is 0.417. The number of hydrogen-bond donors (Lipinski definition) is 1. The minimum atomic E-state index is -0.000636. The van der Waals surface area contributed by atoms with Crippen LogP contribution in [0, 0.1) is 0 Å². The van der Waals surface area contributed by atoms with E-state index in [0.29, 0.717) is 6.04 Å². The van der Waals surface area contributed by atoms with Crippen molar-refractivity contribution >= 4 is 21.5 Å². The van der Waals surface area contributed by atoms with Crippen molar-refractivity contribution in [3.05, 3.63) is 52.6 Å². The largest absolute Gasteiger partial charge is 0.496 e. The summed E-state index contributed by atoms with van der Waals surface area (Å²) in [7, 11) is 1.69. The van der Waals surface area contributed by atoms with Crippen molar-refractivity contribution in [2.24, 2.45) is 0 Å². The first-order valence-electron chi connectivity index (χ1n) is 10.1. The Bertz CT molecular complexity index is 1040. The molecule has 0 spiro atoms. The molecule has 1 fully saturated rings. The van der Waals surface area contributed by atoms with Gasteiger partial charge in [0.15, 0.2) is 0 Å². The van der Waals surface area contributed by atoms with E-state index in [-0.39, 0.29) is 6.61 Å². The number of hydrogen-bond acceptors (Lipinski definition) is 3. The summed E-state index contributed by atoms with van der Waals surface area (Å²) in [6.07, 6.45) is 4.82. The van der Waals surface area contributed by atoms with Gasteiger partial charge in [-0.15, -0.1) is 0 Å². The highest BCUT2D eigenvalue weighted by atomic mass is 16.5. The van der Waals surface area contributed by atoms with E-state index in [1.165, 1.54) is 57.6 Å². The van der Waals surface area contributed by atoms with E-state index < -0.39 is 0 Å². The number of nitrogens with zero attached hydrogens (tertiary/aromatic N) is 1. The van der Waals surface area contributed by atoms with E-state index in [9.17, 15) is 5.11 Å². The maximum absolute atomic E-state index is 9.86. The zero-order chi connectivity index (χ0) is 18.5. The van der Waals surface area contributed by atoms with Gasteiger partial charge >= 0.3 is 0 Å². The topological polar surface area (TPSA) is 32.7 Å². The average Bonchev–Trinajstić information content (AvgIpc) is 3.18. The van der Waals surface area contributed by atoms with Crippen molar-refractivity contribution in [2.45, 2.75) is 51.8 Å². The summed E-state index contributed by atoms with van der Waals surface area (Å²) in [5.41, 5.74) is 5.22. The van der Waals surface area contributed by atoms with Gasteiger partial charge in [0.25, 0.3) is 0 Å². The Morgan fingerprint density at radius 3 is 2.70 bits per heavy atom. The molecule has 3 nitrogen and oxygen atoms in total. The third kappa shape index (κ3) is 2.56. The molecule has 5 rings (SSSR count). The van der Waals surface area contributed by atoms with E-state index in [0.717, 1.165) is 30.7 Å². The van der Waals surface area contributed by atoms with E-state index in [2.05, 4.69) is 42.2 Å². The van der Waals surface area contributed by atoms with Crippen LogP contribution in [0.15, 0.2) is 30.3 Å². The molecule has 0 saturated carbocycles. The predicted octanol–water partition coefficient (Wildman–Crippen LogP) is 4.58. The lowest BCUT2D eigenvalue weighted by Gasteiger charge is -2.33. The first-order valence-corrected chi connectivity index (χ1v) is 10.1. The van der Waals surface area contributed by atoms with Gasteiger partial charge in [-0.05, 0) is 82.6 Å². The highest BCUT2D eigenvalue weighted by Gasteiger charge is 2.32. The predicted molar refractivity (Wildman–Crippen MR) is 110 cm³/mol. The molecular weight excluding hydrogens is 334 g/mol. The summed E-state index contributed by atoms with van der Waals surface area (Å²) in [5, 5.41) is 15.1. The number of rotatable bonds is 3. The van der Waals surface area contributed by atoms with Crippen LogP contribution in [0.3, 0.4) is 0 Å². The van der Waals surface area contributed by atoms with Crippen LogP contribution in [0.4, 0.5) is 0 Å². The molecule has 0 aliphatic carbocycles. The third-order valence-electron chi connectivity index (χ3n) is 6.69. The fourth-order valence-electron chi connectivity index (χ4n) is 5.22. The molecule has 27 heavy (non-hydrogen) atoms. The number of methoxy groups -OCH3 is 1. The smallest absolute Gasteiger partial charge is 0.125 e. The summed E-state index contributed by atoms with van der Waals surface area (Å²) in [6, 6.07) is 12.0. The third-order valence-corrected chi connectivity index (χ3v) is 6.69. The maximum Gasteiger partial charge on any atom is 0.125 e. The Labute approximate surface area is 160 Å². The van der Waals surface area contributed by atoms with Crippen molar-refractivity contribution in [2.75, 3.05) is 13.7 Å². The lowest BCUT2D eigenvalue weighted by Crippen LogP contribution is -2.35. The van der Waals surface area contributed by atoms with Gasteiger partial charge in [0.2, 0.25) is 0 Å². The van der Waals surface area contributed by atoms with E-state index >= 15 is 0 Å². The number of aliphatic hydroxyl groups is 1. The lowest BCUT2D eigenvalue weighted by atomic mass is 9.84. The van der Waals surface area contributed by atoms with E-state index in [1.54, 1.807) is 7.11 Å². The standard InChI is InChI=1S/C24H27NO2/c1-3-15-6-7-18-19(9-15)20-10-16(14-26)24(27-2)12-22(20)23-13-25-8-4-5-17(25)11-21(18)23/h6-7,9-10,12,17,26H,3-5,8,11,13-14H2,1-2H3/t17-/m0/s1. The molecule has 0 unspecified atom stereocenters. The van der Waals surface area contributed by atoms with Crippen LogP contribution in [0.1, 0.15) is 42.0 Å². The molecule has 3 heteroatoms. The van der Waals surface area contributed by atoms with Crippen LogP contribution in [-0.4, -0.2) is 29.7 Å². The van der Waals surface area contributed by atoms with Crippen molar-refractivity contribution in [3.8, 4) is 5.75 Å². The molecule has 2 heterocycles. The first kappa shape index (κ1) is 17.0. The van der Waals surface area contributed by atoms with Crippen molar-refractivity contribution < 1.29 is 9.84 Å². The van der Waals surface area contributed by atoms with Crippen LogP contribution in [0.2, 0.25) is 0 Å². The summed E-state index contributed by atoms with van der Waals surface area (Å²) >= 11 is 0. The molecule has 2 aliphatic rings. The van der Waals surface area contributed by atoms with Crippen LogP contribution < -0.4 is 4.74 Å². The zero-order valence-corrected chi connectivity index (χ0v) is 16.2. The molecular formula is C24H27NO2. The molecule has 3 aromatic rings. The quantitative estimate of drug-likeness (QED) is 0.693. The van der Waals surface area contributed by atoms with E-state index in [4.69, 9.17) is 4.74 Å². The Hall–Kier alpha value is -2.10. The number of fused-ring (bicyclic) bond motifs is 7. The van der Waals surface area contributed by atoms with Crippen LogP contribution in [0.5, 0.6) is 5.75 Å². The Morgan fingerprint density at radius 2 is 1.93 bits per heavy atom.